The molecule has 1 aliphatic carbocycles. The average Bonchev–Trinajstić information content (AvgIpc) is 3.89. The minimum absolute atomic E-state index is 0.925. The van der Waals surface area contributed by atoms with E-state index in [2.05, 4.69) is 170 Å². The Labute approximate surface area is 294 Å². The van der Waals surface area contributed by atoms with Crippen LogP contribution in [0.1, 0.15) is 11.1 Å². The summed E-state index contributed by atoms with van der Waals surface area (Å²) in [7, 11) is 0. The predicted octanol–water partition coefficient (Wildman–Crippen LogP) is 13.7. The fourth-order valence-electron chi connectivity index (χ4n) is 8.29. The van der Waals surface area contributed by atoms with Gasteiger partial charge in [-0.3, -0.25) is 0 Å². The first kappa shape index (κ1) is 28.2. The average molecular weight is 651 g/mol. The Kier molecular flexibility index (Phi) is 6.05. The molecule has 0 amide bonds. The van der Waals surface area contributed by atoms with Gasteiger partial charge in [0, 0.05) is 43.8 Å². The van der Waals surface area contributed by atoms with E-state index in [1.165, 1.54) is 22.3 Å². The number of furan rings is 2. The van der Waals surface area contributed by atoms with Gasteiger partial charge in [0.05, 0.1) is 0 Å². The van der Waals surface area contributed by atoms with Crippen molar-refractivity contribution in [3.05, 3.63) is 181 Å². The van der Waals surface area contributed by atoms with E-state index in [0.29, 0.717) is 0 Å². The minimum atomic E-state index is 0.925. The SMILES string of the molecule is c1ccc(-c2cccc3c2oc2c(-c4ccc5c(c4)-c4cc(-c6cccc7c6oc6c(-c8ccccc8)cccc67)ccc4C5)cccc23)cc1. The predicted molar refractivity (Wildman–Crippen MR) is 211 cm³/mol. The molecule has 0 N–H and O–H groups in total. The van der Waals surface area contributed by atoms with Crippen molar-refractivity contribution in [2.24, 2.45) is 0 Å². The summed E-state index contributed by atoms with van der Waals surface area (Å²) in [5.74, 6) is 0. The highest BCUT2D eigenvalue weighted by Gasteiger charge is 2.23. The second kappa shape index (κ2) is 10.9. The van der Waals surface area contributed by atoms with E-state index in [1.807, 2.05) is 0 Å². The van der Waals surface area contributed by atoms with Gasteiger partial charge in [0.15, 0.2) is 0 Å². The molecule has 238 valence electrons. The van der Waals surface area contributed by atoms with E-state index >= 15 is 0 Å². The van der Waals surface area contributed by atoms with Crippen molar-refractivity contribution < 1.29 is 8.83 Å². The van der Waals surface area contributed by atoms with Gasteiger partial charge in [0.1, 0.15) is 22.3 Å². The van der Waals surface area contributed by atoms with Gasteiger partial charge in [-0.05, 0) is 63.1 Å². The van der Waals surface area contributed by atoms with E-state index in [-0.39, 0.29) is 0 Å². The normalized spacial score (nSPS) is 12.2. The molecule has 1 aliphatic rings. The molecule has 0 aliphatic heterocycles. The smallest absolute Gasteiger partial charge is 0.143 e. The molecule has 2 heteroatoms. The van der Waals surface area contributed by atoms with Gasteiger partial charge in [-0.15, -0.1) is 0 Å². The van der Waals surface area contributed by atoms with E-state index in [4.69, 9.17) is 8.83 Å². The minimum Gasteiger partial charge on any atom is -0.455 e. The highest BCUT2D eigenvalue weighted by Crippen LogP contribution is 2.45. The van der Waals surface area contributed by atoms with E-state index < -0.39 is 0 Å². The standard InChI is InChI=1S/C49H30O2/c1-3-11-30(12-4-1)36-15-7-19-40-42-21-9-17-38(48(42)50-46(36)40)34-25-23-32-27-33-24-26-35(29-45(33)44(32)28-34)39-18-10-22-43-41-20-8-16-37(47(41)51-49(39)43)31-13-5-2-6-14-31/h1-26,28-29H,27H2. The third-order valence-electron chi connectivity index (χ3n) is 10.7. The highest BCUT2D eigenvalue weighted by molar-refractivity contribution is 6.14. The molecule has 8 aromatic carbocycles. The molecule has 0 fully saturated rings. The molecule has 11 rings (SSSR count). The zero-order valence-electron chi connectivity index (χ0n) is 27.7. The van der Waals surface area contributed by atoms with Gasteiger partial charge in [0.25, 0.3) is 0 Å². The summed E-state index contributed by atoms with van der Waals surface area (Å²) in [5, 5.41) is 4.55. The van der Waals surface area contributed by atoms with Crippen LogP contribution in [0.5, 0.6) is 0 Å². The zero-order valence-corrected chi connectivity index (χ0v) is 27.7. The summed E-state index contributed by atoms with van der Waals surface area (Å²) in [6.07, 6.45) is 0.926. The fraction of sp³-hybridized carbons (Fsp3) is 0.0204. The fourth-order valence-corrected chi connectivity index (χ4v) is 8.29. The van der Waals surface area contributed by atoms with Crippen LogP contribution in [0, 0.1) is 0 Å². The Morgan fingerprint density at radius 1 is 0.275 bits per heavy atom. The van der Waals surface area contributed by atoms with Crippen molar-refractivity contribution in [3.63, 3.8) is 0 Å². The summed E-state index contributed by atoms with van der Waals surface area (Å²) < 4.78 is 13.6. The van der Waals surface area contributed by atoms with Crippen molar-refractivity contribution in [2.45, 2.75) is 6.42 Å². The van der Waals surface area contributed by atoms with Crippen molar-refractivity contribution in [1.29, 1.82) is 0 Å². The first-order valence-electron chi connectivity index (χ1n) is 17.5. The number of fused-ring (bicyclic) bond motifs is 9. The van der Waals surface area contributed by atoms with E-state index in [9.17, 15) is 0 Å². The number of hydrogen-bond acceptors (Lipinski definition) is 2. The maximum absolute atomic E-state index is 6.78. The van der Waals surface area contributed by atoms with Gasteiger partial charge in [-0.1, -0.05) is 158 Å². The van der Waals surface area contributed by atoms with Crippen LogP contribution in [-0.4, -0.2) is 0 Å². The Morgan fingerprint density at radius 2 is 0.627 bits per heavy atom. The van der Waals surface area contributed by atoms with Gasteiger partial charge < -0.3 is 8.83 Å². The molecule has 51 heavy (non-hydrogen) atoms. The summed E-state index contributed by atoms with van der Waals surface area (Å²) in [6, 6.07) is 60.7. The van der Waals surface area contributed by atoms with Gasteiger partial charge >= 0.3 is 0 Å². The Bertz CT molecular complexity index is 2780. The first-order chi connectivity index (χ1) is 25.3. The molecule has 10 aromatic rings. The topological polar surface area (TPSA) is 26.3 Å². The van der Waals surface area contributed by atoms with Crippen molar-refractivity contribution in [1.82, 2.24) is 0 Å². The summed E-state index contributed by atoms with van der Waals surface area (Å²) >= 11 is 0. The molecule has 0 radical (unpaired) electrons. The third-order valence-corrected chi connectivity index (χ3v) is 10.7. The van der Waals surface area contributed by atoms with E-state index in [1.54, 1.807) is 0 Å². The largest absolute Gasteiger partial charge is 0.455 e. The second-order valence-corrected chi connectivity index (χ2v) is 13.6. The number of rotatable bonds is 4. The number of hydrogen-bond donors (Lipinski definition) is 0. The molecule has 2 nitrogen and oxygen atoms in total. The van der Waals surface area contributed by atoms with Crippen LogP contribution in [0.15, 0.2) is 179 Å². The Morgan fingerprint density at radius 3 is 1.00 bits per heavy atom. The molecule has 0 unspecified atom stereocenters. The van der Waals surface area contributed by atoms with Crippen molar-refractivity contribution in [3.8, 4) is 55.6 Å². The van der Waals surface area contributed by atoms with Crippen LogP contribution in [0.2, 0.25) is 0 Å². The van der Waals surface area contributed by atoms with Gasteiger partial charge in [-0.25, -0.2) is 0 Å². The van der Waals surface area contributed by atoms with Gasteiger partial charge in [0.2, 0.25) is 0 Å². The van der Waals surface area contributed by atoms with Crippen LogP contribution in [0.4, 0.5) is 0 Å². The lowest BCUT2D eigenvalue weighted by Gasteiger charge is -2.09. The zero-order chi connectivity index (χ0) is 33.5. The second-order valence-electron chi connectivity index (χ2n) is 13.6. The number of benzene rings is 8. The Balaban J connectivity index is 1.04. The lowest BCUT2D eigenvalue weighted by Crippen LogP contribution is -1.84. The maximum Gasteiger partial charge on any atom is 0.143 e. The molecular weight excluding hydrogens is 621 g/mol. The molecule has 0 spiro atoms. The molecule has 2 aromatic heterocycles. The molecular formula is C49H30O2. The first-order valence-corrected chi connectivity index (χ1v) is 17.5. The quantitative estimate of drug-likeness (QED) is 0.189. The summed E-state index contributed by atoms with van der Waals surface area (Å²) in [6.45, 7) is 0. The van der Waals surface area contributed by atoms with Crippen molar-refractivity contribution >= 4 is 43.9 Å². The molecule has 0 atom stereocenters. The summed E-state index contributed by atoms with van der Waals surface area (Å²) in [5.41, 5.74) is 18.0. The monoisotopic (exact) mass is 650 g/mol. The van der Waals surface area contributed by atoms with Gasteiger partial charge in [-0.2, -0.15) is 0 Å². The highest BCUT2D eigenvalue weighted by atomic mass is 16.3. The van der Waals surface area contributed by atoms with E-state index in [0.717, 1.165) is 94.8 Å². The molecule has 2 heterocycles. The van der Waals surface area contributed by atoms with Crippen LogP contribution in [0.25, 0.3) is 99.5 Å². The van der Waals surface area contributed by atoms with Crippen LogP contribution < -0.4 is 0 Å². The van der Waals surface area contributed by atoms with Crippen LogP contribution in [0.3, 0.4) is 0 Å². The van der Waals surface area contributed by atoms with Crippen LogP contribution >= 0.6 is 0 Å². The van der Waals surface area contributed by atoms with Crippen molar-refractivity contribution in [2.75, 3.05) is 0 Å². The molecule has 0 saturated carbocycles. The maximum atomic E-state index is 6.78. The molecule has 0 saturated heterocycles. The summed E-state index contributed by atoms with van der Waals surface area (Å²) in [4.78, 5) is 0. The third kappa shape index (κ3) is 4.30. The molecule has 0 bridgehead atoms. The lowest BCUT2D eigenvalue weighted by atomic mass is 9.95. The Hall–Kier alpha value is -6.64. The lowest BCUT2D eigenvalue weighted by molar-refractivity contribution is 0.670. The number of para-hydroxylation sites is 4. The van der Waals surface area contributed by atoms with Crippen LogP contribution in [-0.2, 0) is 6.42 Å².